The first kappa shape index (κ1) is 56.2. The molecule has 7 N–H and O–H groups in total. The van der Waals surface area contributed by atoms with E-state index in [2.05, 4.69) is 47.2 Å². The van der Waals surface area contributed by atoms with Gasteiger partial charge in [-0.25, -0.2) is 0 Å². The van der Waals surface area contributed by atoms with Crippen LogP contribution in [0.25, 0.3) is 10.4 Å². The number of hydrogen-bond acceptors (Lipinski definition) is 15. The number of Topliss-reactive ketones (excluding diaryl/α,β-unsaturated/α-hetero) is 4. The summed E-state index contributed by atoms with van der Waals surface area (Å²) in [6.07, 6.45) is 2.12. The van der Waals surface area contributed by atoms with Gasteiger partial charge in [-0.2, -0.15) is 0 Å². The van der Waals surface area contributed by atoms with Crippen molar-refractivity contribution in [1.29, 1.82) is 0 Å². The monoisotopic (exact) mass is 882 g/mol. The van der Waals surface area contributed by atoms with Gasteiger partial charge in [0.05, 0.1) is 39.6 Å². The summed E-state index contributed by atoms with van der Waals surface area (Å²) in [7, 11) is 0. The van der Waals surface area contributed by atoms with Gasteiger partial charge < -0.3 is 51.4 Å². The standard InChI is InChI=1S/C38H62N10O14/c1-25(49)32(53)40-14-8-5-11-29(45-34(55)27(3)51)36(57)42-16-10-6-12-30(37(58)43-17-19-60-21-23-62-24-22-61-20-18-44-48-39)47-38(59)31(46-35(56)28(4)52)13-7-9-15-41-33(54)26(2)50/h29-31H,5-24H2,1-4H3,(H,40,53)(H,41,54)(H,42,57)(H,43,58)(H,45,55)(H,46,56)(H,47,59). The minimum atomic E-state index is -1.24. The Morgan fingerprint density at radius 2 is 0.790 bits per heavy atom. The number of nitrogens with one attached hydrogen (secondary N) is 7. The van der Waals surface area contributed by atoms with Crippen molar-refractivity contribution < 1.29 is 67.0 Å². The van der Waals surface area contributed by atoms with E-state index < -0.39 is 82.6 Å². The lowest BCUT2D eigenvalue weighted by atomic mass is 10.0. The fraction of sp³-hybridized carbons (Fsp3) is 0.711. The average Bonchev–Trinajstić information content (AvgIpc) is 3.22. The molecule has 0 saturated carbocycles. The number of ether oxygens (including phenoxy) is 3. The second kappa shape index (κ2) is 34.8. The first-order valence-electron chi connectivity index (χ1n) is 20.3. The number of unbranched alkanes of at least 4 members (excludes halogenated alkanes) is 3. The molecular weight excluding hydrogens is 820 g/mol. The Morgan fingerprint density at radius 1 is 0.435 bits per heavy atom. The largest absolute Gasteiger partial charge is 0.379 e. The number of hydrogen-bond donors (Lipinski definition) is 7. The van der Waals surface area contributed by atoms with Crippen molar-refractivity contribution in [2.75, 3.05) is 72.4 Å². The van der Waals surface area contributed by atoms with E-state index >= 15 is 0 Å². The topological polar surface area (TPSA) is 348 Å². The third kappa shape index (κ3) is 28.6. The number of carbonyl (C=O) groups is 11. The number of carbonyl (C=O) groups excluding carboxylic acids is 11. The van der Waals surface area contributed by atoms with Crippen LogP contribution in [0, 0.1) is 0 Å². The quantitative estimate of drug-likeness (QED) is 0.0118. The lowest BCUT2D eigenvalue weighted by Crippen LogP contribution is -2.54. The number of amides is 7. The zero-order valence-corrected chi connectivity index (χ0v) is 35.9. The molecular formula is C38H62N10O14. The minimum absolute atomic E-state index is 0.0212. The molecule has 0 bridgehead atoms. The van der Waals surface area contributed by atoms with Crippen molar-refractivity contribution in [2.45, 2.75) is 104 Å². The highest BCUT2D eigenvalue weighted by Crippen LogP contribution is 2.07. The molecule has 0 aromatic rings. The van der Waals surface area contributed by atoms with Crippen LogP contribution in [0.3, 0.4) is 0 Å². The van der Waals surface area contributed by atoms with Crippen LogP contribution in [-0.2, 0) is 67.0 Å². The third-order valence-electron chi connectivity index (χ3n) is 8.47. The molecule has 0 saturated heterocycles. The summed E-state index contributed by atoms with van der Waals surface area (Å²) < 4.78 is 16.1. The Kier molecular flexibility index (Phi) is 31.5. The number of ketones is 4. The molecule has 62 heavy (non-hydrogen) atoms. The van der Waals surface area contributed by atoms with Crippen molar-refractivity contribution in [3.8, 4) is 0 Å². The molecule has 0 aliphatic heterocycles. The van der Waals surface area contributed by atoms with Crippen LogP contribution in [0.4, 0.5) is 0 Å². The van der Waals surface area contributed by atoms with Crippen molar-refractivity contribution >= 4 is 64.5 Å². The van der Waals surface area contributed by atoms with Gasteiger partial charge in [0.25, 0.3) is 23.6 Å². The smallest absolute Gasteiger partial charge is 0.287 e. The molecule has 0 spiro atoms. The van der Waals surface area contributed by atoms with E-state index in [-0.39, 0.29) is 97.9 Å². The van der Waals surface area contributed by atoms with E-state index in [4.69, 9.17) is 19.7 Å². The van der Waals surface area contributed by atoms with Gasteiger partial charge in [0.1, 0.15) is 18.1 Å². The SMILES string of the molecule is CC(=O)C(=O)NCCCCC(NC(=O)C(C)=O)C(=O)NCCCCC(NC(=O)C(CCCCNC(=O)C(C)=O)NC(=O)C(C)=O)C(=O)NCCOCCOCCOCCN=[N+]=[N-]. The van der Waals surface area contributed by atoms with Crippen LogP contribution in [0.15, 0.2) is 5.11 Å². The third-order valence-corrected chi connectivity index (χ3v) is 8.47. The summed E-state index contributed by atoms with van der Waals surface area (Å²) in [5.74, 6) is -8.42. The fourth-order valence-corrected chi connectivity index (χ4v) is 5.07. The van der Waals surface area contributed by atoms with E-state index in [9.17, 15) is 52.7 Å². The molecule has 0 fully saturated rings. The molecule has 24 heteroatoms. The number of rotatable bonds is 37. The lowest BCUT2D eigenvalue weighted by Gasteiger charge is -2.23. The molecule has 0 heterocycles. The highest BCUT2D eigenvalue weighted by molar-refractivity contribution is 6.36. The maximum Gasteiger partial charge on any atom is 0.287 e. The van der Waals surface area contributed by atoms with Gasteiger partial charge in [0.15, 0.2) is 0 Å². The Morgan fingerprint density at radius 3 is 1.21 bits per heavy atom. The summed E-state index contributed by atoms with van der Waals surface area (Å²) in [5.41, 5.74) is 8.25. The Hall–Kier alpha value is -5.84. The molecule has 0 radical (unpaired) electrons. The summed E-state index contributed by atoms with van der Waals surface area (Å²) in [6.45, 7) is 6.31. The van der Waals surface area contributed by atoms with Crippen LogP contribution in [0.1, 0.15) is 85.5 Å². The van der Waals surface area contributed by atoms with Crippen LogP contribution >= 0.6 is 0 Å². The maximum atomic E-state index is 13.5. The molecule has 0 aromatic carbocycles. The molecule has 0 rings (SSSR count). The van der Waals surface area contributed by atoms with E-state index in [0.717, 1.165) is 27.7 Å². The number of nitrogens with zero attached hydrogens (tertiary/aromatic N) is 3. The van der Waals surface area contributed by atoms with E-state index in [1.165, 1.54) is 0 Å². The van der Waals surface area contributed by atoms with Gasteiger partial charge in [0, 0.05) is 65.3 Å². The predicted molar refractivity (Wildman–Crippen MR) is 219 cm³/mol. The fourth-order valence-electron chi connectivity index (χ4n) is 5.07. The van der Waals surface area contributed by atoms with E-state index in [1.807, 2.05) is 0 Å². The molecule has 3 atom stereocenters. The molecule has 0 aliphatic rings. The van der Waals surface area contributed by atoms with Gasteiger partial charge in [-0.05, 0) is 63.3 Å². The normalized spacial score (nSPS) is 11.9. The maximum absolute atomic E-state index is 13.5. The van der Waals surface area contributed by atoms with Crippen molar-refractivity contribution in [2.24, 2.45) is 5.11 Å². The predicted octanol–water partition coefficient (Wildman–Crippen LogP) is -1.87. The molecule has 24 nitrogen and oxygen atoms in total. The molecule has 348 valence electrons. The van der Waals surface area contributed by atoms with Gasteiger partial charge in [-0.3, -0.25) is 52.7 Å². The van der Waals surface area contributed by atoms with Crippen LogP contribution in [-0.4, -0.2) is 155 Å². The van der Waals surface area contributed by atoms with E-state index in [0.29, 0.717) is 32.3 Å². The lowest BCUT2D eigenvalue weighted by molar-refractivity contribution is -0.139. The van der Waals surface area contributed by atoms with Crippen LogP contribution in [0.5, 0.6) is 0 Å². The Balaban J connectivity index is 5.48. The van der Waals surface area contributed by atoms with Gasteiger partial charge in [-0.1, -0.05) is 5.11 Å². The van der Waals surface area contributed by atoms with Crippen molar-refractivity contribution in [3.63, 3.8) is 0 Å². The van der Waals surface area contributed by atoms with Gasteiger partial charge >= 0.3 is 0 Å². The highest BCUT2D eigenvalue weighted by atomic mass is 16.5. The summed E-state index contributed by atoms with van der Waals surface area (Å²) in [4.78, 5) is 135. The Labute approximate surface area is 359 Å². The highest BCUT2D eigenvalue weighted by Gasteiger charge is 2.28. The first-order chi connectivity index (χ1) is 29.5. The molecule has 7 amide bonds. The van der Waals surface area contributed by atoms with Gasteiger partial charge in [0.2, 0.25) is 40.9 Å². The van der Waals surface area contributed by atoms with Crippen molar-refractivity contribution in [1.82, 2.24) is 37.2 Å². The van der Waals surface area contributed by atoms with Crippen LogP contribution in [0.2, 0.25) is 0 Å². The molecule has 3 unspecified atom stereocenters. The minimum Gasteiger partial charge on any atom is -0.379 e. The number of azide groups is 1. The summed E-state index contributed by atoms with van der Waals surface area (Å²) in [6, 6.07) is -3.46. The second-order valence-corrected chi connectivity index (χ2v) is 13.7. The van der Waals surface area contributed by atoms with E-state index in [1.54, 1.807) is 0 Å². The Bertz CT molecular complexity index is 1570. The summed E-state index contributed by atoms with van der Waals surface area (Å²) >= 11 is 0. The molecule has 0 aromatic heterocycles. The van der Waals surface area contributed by atoms with Crippen molar-refractivity contribution in [3.05, 3.63) is 10.4 Å². The zero-order chi connectivity index (χ0) is 46.7. The average molecular weight is 883 g/mol. The second-order valence-electron chi connectivity index (χ2n) is 13.7. The first-order valence-corrected chi connectivity index (χ1v) is 20.3. The zero-order valence-electron chi connectivity index (χ0n) is 35.9. The molecule has 0 aliphatic carbocycles. The summed E-state index contributed by atoms with van der Waals surface area (Å²) in [5, 5.41) is 20.9. The van der Waals surface area contributed by atoms with Crippen LogP contribution < -0.4 is 37.2 Å². The van der Waals surface area contributed by atoms with Gasteiger partial charge in [-0.15, -0.1) is 0 Å².